The minimum atomic E-state index is -0.512. The highest BCUT2D eigenvalue weighted by Gasteiger charge is 2.15. The Kier molecular flexibility index (Phi) is 4.83. The maximum absolute atomic E-state index is 11.0. The molecule has 0 rings (SSSR count). The first kappa shape index (κ1) is 12.3. The molecule has 0 radical (unpaired) electrons. The lowest BCUT2D eigenvalue weighted by molar-refractivity contribution is -0.110. The van der Waals surface area contributed by atoms with E-state index in [9.17, 15) is 9.59 Å². The van der Waals surface area contributed by atoms with Gasteiger partial charge in [-0.15, -0.1) is 12.6 Å². The highest BCUT2D eigenvalue weighted by molar-refractivity contribution is 7.96. The van der Waals surface area contributed by atoms with Gasteiger partial charge in [0.05, 0.1) is 0 Å². The fourth-order valence-corrected chi connectivity index (χ4v) is 0.697. The van der Waals surface area contributed by atoms with Crippen LogP contribution in [0.15, 0.2) is 0 Å². The normalized spacial score (nSPS) is 10.8. The van der Waals surface area contributed by atoms with Crippen molar-refractivity contribution in [2.75, 3.05) is 6.54 Å². The van der Waals surface area contributed by atoms with E-state index in [0.29, 0.717) is 0 Å². The van der Waals surface area contributed by atoms with Gasteiger partial charge in [-0.3, -0.25) is 4.79 Å². The summed E-state index contributed by atoms with van der Waals surface area (Å²) in [6, 6.07) is 0. The molecular formula is C8H15NO3S. The number of amides is 1. The Bertz CT molecular complexity index is 198. The van der Waals surface area contributed by atoms with Gasteiger partial charge in [-0.05, 0) is 20.8 Å². The fourth-order valence-electron chi connectivity index (χ4n) is 0.586. The average molecular weight is 205 g/mol. The molecule has 0 heterocycles. The zero-order valence-electron chi connectivity index (χ0n) is 8.09. The molecule has 1 amide bonds. The van der Waals surface area contributed by atoms with Crippen LogP contribution < -0.4 is 5.32 Å². The molecule has 4 nitrogen and oxygen atoms in total. The number of hydrogen-bond acceptors (Lipinski definition) is 3. The minimum Gasteiger partial charge on any atom is -0.444 e. The summed E-state index contributed by atoms with van der Waals surface area (Å²) in [6.45, 7) is 5.58. The molecular weight excluding hydrogens is 190 g/mol. The second kappa shape index (κ2) is 5.11. The number of thiol groups is 1. The third-order valence-corrected chi connectivity index (χ3v) is 1.23. The molecule has 0 aromatic rings. The van der Waals surface area contributed by atoms with E-state index in [0.717, 1.165) is 0 Å². The van der Waals surface area contributed by atoms with Gasteiger partial charge in [-0.2, -0.15) is 0 Å². The molecule has 0 bridgehead atoms. The van der Waals surface area contributed by atoms with Gasteiger partial charge in [0.25, 0.3) is 0 Å². The number of hydrogen-bond donors (Lipinski definition) is 2. The van der Waals surface area contributed by atoms with E-state index < -0.39 is 11.7 Å². The van der Waals surface area contributed by atoms with E-state index in [1.54, 1.807) is 20.8 Å². The van der Waals surface area contributed by atoms with E-state index >= 15 is 0 Å². The predicted octanol–water partition coefficient (Wildman–Crippen LogP) is 1.36. The summed E-state index contributed by atoms with van der Waals surface area (Å²) < 4.78 is 4.93. The highest BCUT2D eigenvalue weighted by atomic mass is 32.1. The summed E-state index contributed by atoms with van der Waals surface area (Å²) in [5.41, 5.74) is -0.505. The van der Waals surface area contributed by atoms with Crippen molar-refractivity contribution in [1.82, 2.24) is 5.32 Å². The maximum atomic E-state index is 11.0. The summed E-state index contributed by atoms with van der Waals surface area (Å²) in [5.74, 6) is 0. The topological polar surface area (TPSA) is 55.4 Å². The molecule has 0 aliphatic carbocycles. The molecule has 0 saturated heterocycles. The van der Waals surface area contributed by atoms with Crippen LogP contribution in [0.1, 0.15) is 27.2 Å². The van der Waals surface area contributed by atoms with E-state index in [-0.39, 0.29) is 18.1 Å². The van der Waals surface area contributed by atoms with Crippen molar-refractivity contribution >= 4 is 23.8 Å². The quantitative estimate of drug-likeness (QED) is 0.684. The number of rotatable bonds is 3. The van der Waals surface area contributed by atoms with Crippen LogP contribution in [0.25, 0.3) is 0 Å². The van der Waals surface area contributed by atoms with Gasteiger partial charge >= 0.3 is 6.09 Å². The SMILES string of the molecule is CC(C)(C)OC(=O)NCCC(=O)S. The zero-order chi connectivity index (χ0) is 10.5. The number of alkyl carbamates (subject to hydrolysis) is 1. The largest absolute Gasteiger partial charge is 0.444 e. The van der Waals surface area contributed by atoms with E-state index in [1.807, 2.05) is 0 Å². The number of carbonyl (C=O) groups is 2. The monoisotopic (exact) mass is 205 g/mol. The summed E-state index contributed by atoms with van der Waals surface area (Å²) in [7, 11) is 0. The van der Waals surface area contributed by atoms with Crippen molar-refractivity contribution in [1.29, 1.82) is 0 Å². The van der Waals surface area contributed by atoms with Crippen LogP contribution in [0, 0.1) is 0 Å². The molecule has 0 aromatic carbocycles. The lowest BCUT2D eigenvalue weighted by Gasteiger charge is -2.19. The van der Waals surface area contributed by atoms with E-state index in [4.69, 9.17) is 4.74 Å². The van der Waals surface area contributed by atoms with Crippen LogP contribution in [0.4, 0.5) is 4.79 Å². The minimum absolute atomic E-state index is 0.211. The van der Waals surface area contributed by atoms with Crippen LogP contribution in [-0.2, 0) is 9.53 Å². The Balaban J connectivity index is 3.59. The van der Waals surface area contributed by atoms with Crippen molar-refractivity contribution in [2.24, 2.45) is 0 Å². The smallest absolute Gasteiger partial charge is 0.407 e. The van der Waals surface area contributed by atoms with Crippen LogP contribution in [-0.4, -0.2) is 23.4 Å². The first-order valence-electron chi connectivity index (χ1n) is 4.00. The molecule has 0 unspecified atom stereocenters. The van der Waals surface area contributed by atoms with Crippen LogP contribution in [0.2, 0.25) is 0 Å². The Morgan fingerprint density at radius 3 is 2.31 bits per heavy atom. The first-order chi connectivity index (χ1) is 5.81. The molecule has 0 aliphatic heterocycles. The number of carbonyl (C=O) groups excluding carboxylic acids is 2. The standard InChI is InChI=1S/C8H15NO3S/c1-8(2,3)12-7(11)9-5-4-6(10)13/h4-5H2,1-3H3,(H,9,11)(H,10,13). The molecule has 13 heavy (non-hydrogen) atoms. The van der Waals surface area contributed by atoms with Crippen molar-refractivity contribution in [3.05, 3.63) is 0 Å². The van der Waals surface area contributed by atoms with Gasteiger partial charge in [0.15, 0.2) is 5.12 Å². The molecule has 1 N–H and O–H groups in total. The second-order valence-electron chi connectivity index (χ2n) is 3.57. The molecule has 0 saturated carbocycles. The molecule has 0 fully saturated rings. The van der Waals surface area contributed by atoms with Crippen LogP contribution in [0.3, 0.4) is 0 Å². The van der Waals surface area contributed by atoms with Gasteiger partial charge in [0, 0.05) is 13.0 Å². The number of ether oxygens (including phenoxy) is 1. The summed E-state index contributed by atoms with van der Waals surface area (Å²) in [6.07, 6.45) is -0.301. The van der Waals surface area contributed by atoms with Gasteiger partial charge in [-0.1, -0.05) is 0 Å². The first-order valence-corrected chi connectivity index (χ1v) is 4.44. The summed E-state index contributed by atoms with van der Waals surface area (Å²) in [5, 5.41) is 2.19. The lowest BCUT2D eigenvalue weighted by atomic mass is 10.2. The van der Waals surface area contributed by atoms with E-state index in [1.165, 1.54) is 0 Å². The van der Waals surface area contributed by atoms with E-state index in [2.05, 4.69) is 17.9 Å². The van der Waals surface area contributed by atoms with Crippen LogP contribution in [0.5, 0.6) is 0 Å². The third kappa shape index (κ3) is 9.20. The molecule has 0 aliphatic rings. The molecule has 0 atom stereocenters. The Labute approximate surface area is 83.4 Å². The van der Waals surface area contributed by atoms with Gasteiger partial charge < -0.3 is 10.1 Å². The summed E-state index contributed by atoms with van der Waals surface area (Å²) in [4.78, 5) is 21.4. The molecule has 5 heteroatoms. The van der Waals surface area contributed by atoms with Crippen molar-refractivity contribution in [3.63, 3.8) is 0 Å². The molecule has 0 aromatic heterocycles. The van der Waals surface area contributed by atoms with Crippen molar-refractivity contribution in [2.45, 2.75) is 32.8 Å². The number of nitrogens with one attached hydrogen (secondary N) is 1. The van der Waals surface area contributed by atoms with Gasteiger partial charge in [0.1, 0.15) is 5.60 Å². The highest BCUT2D eigenvalue weighted by Crippen LogP contribution is 2.06. The maximum Gasteiger partial charge on any atom is 0.407 e. The van der Waals surface area contributed by atoms with Crippen molar-refractivity contribution < 1.29 is 14.3 Å². The fraction of sp³-hybridized carbons (Fsp3) is 0.750. The van der Waals surface area contributed by atoms with Crippen molar-refractivity contribution in [3.8, 4) is 0 Å². The second-order valence-corrected chi connectivity index (χ2v) is 4.07. The molecule has 0 spiro atoms. The Hall–Kier alpha value is -0.710. The van der Waals surface area contributed by atoms with Crippen LogP contribution >= 0.6 is 12.6 Å². The van der Waals surface area contributed by atoms with Gasteiger partial charge in [-0.25, -0.2) is 4.79 Å². The predicted molar refractivity (Wildman–Crippen MR) is 52.8 cm³/mol. The van der Waals surface area contributed by atoms with Gasteiger partial charge in [0.2, 0.25) is 0 Å². The zero-order valence-corrected chi connectivity index (χ0v) is 8.98. The third-order valence-electron chi connectivity index (χ3n) is 1.01. The Morgan fingerprint density at radius 2 is 1.92 bits per heavy atom. The Morgan fingerprint density at radius 1 is 1.38 bits per heavy atom. The summed E-state index contributed by atoms with van der Waals surface area (Å²) >= 11 is 3.56. The lowest BCUT2D eigenvalue weighted by Crippen LogP contribution is -2.33. The molecule has 76 valence electrons. The average Bonchev–Trinajstić information content (AvgIpc) is 1.81.